The number of ether oxygens (including phenoxy) is 1. The number of hydrogen-bond acceptors (Lipinski definition) is 4. The molecule has 1 aromatic rings. The number of rotatable bonds is 8. The van der Waals surface area contributed by atoms with Crippen molar-refractivity contribution in [2.45, 2.75) is 59.3 Å². The third kappa shape index (κ3) is 9.70. The highest BCUT2D eigenvalue weighted by atomic mass is 16.5. The van der Waals surface area contributed by atoms with E-state index in [1.54, 1.807) is 31.4 Å². The number of amides is 1. The van der Waals surface area contributed by atoms with Gasteiger partial charge in [-0.15, -0.1) is 0 Å². The van der Waals surface area contributed by atoms with Gasteiger partial charge in [-0.2, -0.15) is 5.26 Å². The molecule has 5 heteroatoms. The molecule has 1 fully saturated rings. The van der Waals surface area contributed by atoms with E-state index in [4.69, 9.17) is 10.00 Å². The van der Waals surface area contributed by atoms with Crippen molar-refractivity contribution in [2.24, 2.45) is 0 Å². The Hall–Kier alpha value is -3.26. The molecule has 2 rings (SSSR count). The van der Waals surface area contributed by atoms with Gasteiger partial charge in [0.15, 0.2) is 0 Å². The molecule has 0 unspecified atom stereocenters. The van der Waals surface area contributed by atoms with Gasteiger partial charge in [0.2, 0.25) is 0 Å². The van der Waals surface area contributed by atoms with Gasteiger partial charge in [-0.1, -0.05) is 69.8 Å². The van der Waals surface area contributed by atoms with Crippen molar-refractivity contribution in [3.05, 3.63) is 84.3 Å². The molecule has 0 spiro atoms. The van der Waals surface area contributed by atoms with Crippen molar-refractivity contribution in [3.8, 4) is 6.07 Å². The topological polar surface area (TPSA) is 65.4 Å². The fourth-order valence-corrected chi connectivity index (χ4v) is 3.79. The van der Waals surface area contributed by atoms with Crippen molar-refractivity contribution in [3.63, 3.8) is 0 Å². The first-order valence-corrected chi connectivity index (χ1v) is 11.9. The molecule has 0 bridgehead atoms. The van der Waals surface area contributed by atoms with Crippen LogP contribution in [0.1, 0.15) is 59.4 Å². The smallest absolute Gasteiger partial charge is 0.255 e. The number of carbonyl (C=O) groups excluding carboxylic acids is 1. The summed E-state index contributed by atoms with van der Waals surface area (Å²) in [6.45, 7) is 19.8. The number of hydrogen-bond donors (Lipinski definition) is 1. The Bertz CT molecular complexity index is 855. The normalized spacial score (nSPS) is 14.8. The van der Waals surface area contributed by atoms with Crippen molar-refractivity contribution in [2.75, 3.05) is 26.7 Å². The lowest BCUT2D eigenvalue weighted by Crippen LogP contribution is -2.48. The second-order valence-electron chi connectivity index (χ2n) is 8.16. The van der Waals surface area contributed by atoms with Gasteiger partial charge in [0.25, 0.3) is 5.91 Å². The summed E-state index contributed by atoms with van der Waals surface area (Å²) >= 11 is 0. The van der Waals surface area contributed by atoms with Gasteiger partial charge in [0, 0.05) is 37.7 Å². The van der Waals surface area contributed by atoms with Crippen molar-refractivity contribution in [1.82, 2.24) is 10.2 Å². The van der Waals surface area contributed by atoms with Crippen LogP contribution in [0.15, 0.2) is 78.7 Å². The number of allylic oxidation sites excluding steroid dienone is 4. The van der Waals surface area contributed by atoms with E-state index >= 15 is 0 Å². The van der Waals surface area contributed by atoms with Gasteiger partial charge >= 0.3 is 0 Å². The van der Waals surface area contributed by atoms with E-state index < -0.39 is 0 Å². The minimum absolute atomic E-state index is 0.0919. The molecule has 0 atom stereocenters. The predicted molar refractivity (Wildman–Crippen MR) is 143 cm³/mol. The van der Waals surface area contributed by atoms with Gasteiger partial charge in [-0.05, 0) is 44.4 Å². The Kier molecular flexibility index (Phi) is 15.6. The number of piperidine rings is 1. The minimum Gasteiger partial charge on any atom is -0.496 e. The molecule has 5 nitrogen and oxygen atoms in total. The summed E-state index contributed by atoms with van der Waals surface area (Å²) in [6, 6.07) is 12.2. The van der Waals surface area contributed by atoms with Crippen LogP contribution in [0.5, 0.6) is 0 Å². The highest BCUT2D eigenvalue weighted by molar-refractivity contribution is 5.97. The molecule has 0 aromatic heterocycles. The predicted octanol–water partition coefficient (Wildman–Crippen LogP) is 6.28. The fourth-order valence-electron chi connectivity index (χ4n) is 3.79. The van der Waals surface area contributed by atoms with Crippen molar-refractivity contribution in [1.29, 1.82) is 5.26 Å². The summed E-state index contributed by atoms with van der Waals surface area (Å²) in [7, 11) is 1.57. The SMILES string of the molecule is C=C/C=C(C(=O)NCC1(c2ccccc2)CCN(C(=C)C)CC1)\C(=C/C)OC.CC#N.CCC. The molecule has 34 heavy (non-hydrogen) atoms. The molecule has 1 aliphatic heterocycles. The van der Waals surface area contributed by atoms with E-state index in [9.17, 15) is 4.79 Å². The van der Waals surface area contributed by atoms with Crippen LogP contribution in [0, 0.1) is 11.3 Å². The third-order valence-corrected chi connectivity index (χ3v) is 5.51. The molecule has 0 saturated carbocycles. The van der Waals surface area contributed by atoms with Crippen LogP contribution >= 0.6 is 0 Å². The van der Waals surface area contributed by atoms with Crippen molar-refractivity contribution >= 4 is 5.91 Å². The fraction of sp³-hybridized carbons (Fsp3) is 0.448. The van der Waals surface area contributed by atoms with Crippen LogP contribution in [-0.4, -0.2) is 37.6 Å². The third-order valence-electron chi connectivity index (χ3n) is 5.51. The van der Waals surface area contributed by atoms with Crippen molar-refractivity contribution < 1.29 is 9.53 Å². The zero-order valence-electron chi connectivity index (χ0n) is 22.0. The average molecular weight is 466 g/mol. The molecule has 1 aromatic carbocycles. The molecule has 1 N–H and O–H groups in total. The summed E-state index contributed by atoms with van der Waals surface area (Å²) in [5, 5.41) is 10.5. The lowest BCUT2D eigenvalue weighted by atomic mass is 9.72. The van der Waals surface area contributed by atoms with Crippen LogP contribution in [0.25, 0.3) is 0 Å². The lowest BCUT2D eigenvalue weighted by molar-refractivity contribution is -0.117. The molecular formula is C29H43N3O2. The largest absolute Gasteiger partial charge is 0.496 e. The van der Waals surface area contributed by atoms with Crippen LogP contribution in [0.3, 0.4) is 0 Å². The van der Waals surface area contributed by atoms with E-state index in [0.29, 0.717) is 17.9 Å². The summed E-state index contributed by atoms with van der Waals surface area (Å²) in [5.74, 6) is 0.399. The van der Waals surface area contributed by atoms with E-state index in [1.807, 2.05) is 19.9 Å². The molecular weight excluding hydrogens is 422 g/mol. The van der Waals surface area contributed by atoms with Gasteiger partial charge in [-0.3, -0.25) is 4.79 Å². The number of nitriles is 1. The summed E-state index contributed by atoms with van der Waals surface area (Å²) < 4.78 is 5.35. The Morgan fingerprint density at radius 3 is 2.21 bits per heavy atom. The number of benzene rings is 1. The number of nitrogens with one attached hydrogen (secondary N) is 1. The van der Waals surface area contributed by atoms with E-state index in [0.717, 1.165) is 31.6 Å². The molecule has 1 aliphatic rings. The highest BCUT2D eigenvalue weighted by Gasteiger charge is 2.36. The maximum absolute atomic E-state index is 12.9. The molecule has 1 saturated heterocycles. The van der Waals surface area contributed by atoms with Gasteiger partial charge in [-0.25, -0.2) is 0 Å². The average Bonchev–Trinajstić information content (AvgIpc) is 2.84. The number of likely N-dealkylation sites (tertiary alicyclic amines) is 1. The molecule has 0 radical (unpaired) electrons. The Morgan fingerprint density at radius 2 is 1.79 bits per heavy atom. The minimum atomic E-state index is -0.146. The van der Waals surface area contributed by atoms with Crippen LogP contribution in [-0.2, 0) is 14.9 Å². The van der Waals surface area contributed by atoms with Crippen LogP contribution in [0.4, 0.5) is 0 Å². The maximum Gasteiger partial charge on any atom is 0.255 e. The molecule has 1 heterocycles. The maximum atomic E-state index is 12.9. The lowest BCUT2D eigenvalue weighted by Gasteiger charge is -2.43. The number of methoxy groups -OCH3 is 1. The van der Waals surface area contributed by atoms with E-state index in [2.05, 4.69) is 61.5 Å². The Labute approximate surface area is 207 Å². The zero-order chi connectivity index (χ0) is 26.0. The first kappa shape index (κ1) is 30.7. The highest BCUT2D eigenvalue weighted by Crippen LogP contribution is 2.36. The summed E-state index contributed by atoms with van der Waals surface area (Å²) in [6.07, 6.45) is 8.26. The molecule has 186 valence electrons. The van der Waals surface area contributed by atoms with Gasteiger partial charge < -0.3 is 15.0 Å². The second kappa shape index (κ2) is 17.2. The zero-order valence-corrected chi connectivity index (χ0v) is 22.0. The number of carbonyl (C=O) groups is 1. The van der Waals surface area contributed by atoms with E-state index in [-0.39, 0.29) is 11.3 Å². The van der Waals surface area contributed by atoms with Crippen LogP contribution in [0.2, 0.25) is 0 Å². The van der Waals surface area contributed by atoms with E-state index in [1.165, 1.54) is 18.9 Å². The quantitative estimate of drug-likeness (QED) is 0.279. The monoisotopic (exact) mass is 465 g/mol. The van der Waals surface area contributed by atoms with Gasteiger partial charge in [0.1, 0.15) is 5.76 Å². The Balaban J connectivity index is 0.00000164. The second-order valence-corrected chi connectivity index (χ2v) is 8.16. The summed E-state index contributed by atoms with van der Waals surface area (Å²) in [5.41, 5.74) is 2.76. The molecule has 1 amide bonds. The van der Waals surface area contributed by atoms with Crippen LogP contribution < -0.4 is 5.32 Å². The summed E-state index contributed by atoms with van der Waals surface area (Å²) in [4.78, 5) is 15.2. The van der Waals surface area contributed by atoms with Gasteiger partial charge in [0.05, 0.1) is 18.8 Å². The first-order valence-electron chi connectivity index (χ1n) is 11.9. The Morgan fingerprint density at radius 1 is 1.26 bits per heavy atom. The molecule has 0 aliphatic carbocycles. The first-order chi connectivity index (χ1) is 16.3. The number of nitrogens with zero attached hydrogens (tertiary/aromatic N) is 2. The standard InChI is InChI=1S/C24H32N2O2.C3H8.C2H3N/c1-6-11-21(22(7-2)28-5)23(27)25-18-24(20-12-9-8-10-13-20)14-16-26(17-15-24)19(3)4;1-3-2;1-2-3/h6-13H,1,3,14-18H2,2,4-5H3,(H,25,27);3H2,1-2H3;1H3/b21-11+,22-7+;;.